The van der Waals surface area contributed by atoms with Gasteiger partial charge < -0.3 is 19.9 Å². The Labute approximate surface area is 125 Å². The highest BCUT2D eigenvalue weighted by atomic mass is 19.1. The molecule has 0 saturated heterocycles. The maximum atomic E-state index is 14.7. The maximum Gasteiger partial charge on any atom is 0.210 e. The second-order valence-electron chi connectivity index (χ2n) is 5.55. The molecule has 1 aliphatic rings. The fourth-order valence-corrected chi connectivity index (χ4v) is 3.34. The molecule has 1 aromatic carbocycles. The molecule has 5 heteroatoms. The van der Waals surface area contributed by atoms with Gasteiger partial charge in [0.05, 0.1) is 21.3 Å². The van der Waals surface area contributed by atoms with E-state index < -0.39 is 5.82 Å². The van der Waals surface area contributed by atoms with Gasteiger partial charge in [0.15, 0.2) is 11.5 Å². The average Bonchev–Trinajstić information content (AvgIpc) is 2.54. The number of nitrogens with two attached hydrogens (primary N) is 1. The van der Waals surface area contributed by atoms with Gasteiger partial charge in [-0.25, -0.2) is 0 Å². The van der Waals surface area contributed by atoms with Crippen molar-refractivity contribution >= 4 is 0 Å². The molecule has 1 aromatic rings. The topological polar surface area (TPSA) is 53.7 Å². The van der Waals surface area contributed by atoms with E-state index in [1.54, 1.807) is 0 Å². The number of methoxy groups -OCH3 is 3. The first-order chi connectivity index (χ1) is 10.1. The standard InChI is InChI=1S/C16H24FNO3/c1-19-12-9-11(14(20-2)13(17)15(12)21-3)16(10-18)7-5-4-6-8-16/h9H,4-8,10,18H2,1-3H3. The number of hydrogen-bond acceptors (Lipinski definition) is 4. The van der Waals surface area contributed by atoms with Gasteiger partial charge in [-0.2, -0.15) is 4.39 Å². The summed E-state index contributed by atoms with van der Waals surface area (Å²) in [5, 5.41) is 0. The Balaban J connectivity index is 2.63. The predicted octanol–water partition coefficient (Wildman–Crippen LogP) is 3.01. The molecule has 0 atom stereocenters. The van der Waals surface area contributed by atoms with Crippen LogP contribution in [-0.2, 0) is 5.41 Å². The van der Waals surface area contributed by atoms with Gasteiger partial charge in [0.2, 0.25) is 11.6 Å². The number of rotatable bonds is 5. The monoisotopic (exact) mass is 297 g/mol. The predicted molar refractivity (Wildman–Crippen MR) is 79.9 cm³/mol. The van der Waals surface area contributed by atoms with E-state index >= 15 is 0 Å². The summed E-state index contributed by atoms with van der Waals surface area (Å²) in [6, 6.07) is 1.82. The van der Waals surface area contributed by atoms with Gasteiger partial charge in [-0.3, -0.25) is 0 Å². The summed E-state index contributed by atoms with van der Waals surface area (Å²) in [5.74, 6) is 0.151. The van der Waals surface area contributed by atoms with Crippen LogP contribution in [-0.4, -0.2) is 27.9 Å². The van der Waals surface area contributed by atoms with Crippen molar-refractivity contribution in [1.82, 2.24) is 0 Å². The van der Waals surface area contributed by atoms with Crippen LogP contribution in [0.3, 0.4) is 0 Å². The second kappa shape index (κ2) is 6.52. The van der Waals surface area contributed by atoms with E-state index in [9.17, 15) is 4.39 Å². The largest absolute Gasteiger partial charge is 0.493 e. The molecular weight excluding hydrogens is 273 g/mol. The van der Waals surface area contributed by atoms with Crippen LogP contribution >= 0.6 is 0 Å². The molecular formula is C16H24FNO3. The molecule has 0 aliphatic heterocycles. The van der Waals surface area contributed by atoms with Crippen molar-refractivity contribution < 1.29 is 18.6 Å². The normalized spacial score (nSPS) is 17.4. The lowest BCUT2D eigenvalue weighted by atomic mass is 9.69. The van der Waals surface area contributed by atoms with Crippen molar-refractivity contribution in [2.75, 3.05) is 27.9 Å². The Hall–Kier alpha value is -1.49. The van der Waals surface area contributed by atoms with E-state index in [2.05, 4.69) is 0 Å². The average molecular weight is 297 g/mol. The van der Waals surface area contributed by atoms with Crippen LogP contribution in [0.1, 0.15) is 37.7 Å². The first-order valence-electron chi connectivity index (χ1n) is 7.32. The van der Waals surface area contributed by atoms with Gasteiger partial charge >= 0.3 is 0 Å². The van der Waals surface area contributed by atoms with Gasteiger partial charge in [-0.05, 0) is 18.9 Å². The molecule has 1 saturated carbocycles. The molecule has 0 aromatic heterocycles. The van der Waals surface area contributed by atoms with Crippen molar-refractivity contribution in [3.63, 3.8) is 0 Å². The minimum atomic E-state index is -0.521. The van der Waals surface area contributed by atoms with Gasteiger partial charge in [0.1, 0.15) is 0 Å². The summed E-state index contributed by atoms with van der Waals surface area (Å²) < 4.78 is 30.4. The quantitative estimate of drug-likeness (QED) is 0.907. The Morgan fingerprint density at radius 2 is 1.67 bits per heavy atom. The van der Waals surface area contributed by atoms with Crippen LogP contribution in [0.4, 0.5) is 4.39 Å². The minimum absolute atomic E-state index is 0.0704. The van der Waals surface area contributed by atoms with E-state index in [1.807, 2.05) is 6.07 Å². The van der Waals surface area contributed by atoms with Gasteiger partial charge in [-0.1, -0.05) is 19.3 Å². The number of benzene rings is 1. The molecule has 2 N–H and O–H groups in total. The highest BCUT2D eigenvalue weighted by Gasteiger charge is 2.37. The molecule has 0 unspecified atom stereocenters. The zero-order valence-corrected chi connectivity index (χ0v) is 13.0. The first kappa shape index (κ1) is 15.9. The fourth-order valence-electron chi connectivity index (χ4n) is 3.34. The van der Waals surface area contributed by atoms with Crippen LogP contribution in [0, 0.1) is 5.82 Å². The third-order valence-electron chi connectivity index (χ3n) is 4.54. The lowest BCUT2D eigenvalue weighted by Gasteiger charge is -2.38. The third-order valence-corrected chi connectivity index (χ3v) is 4.54. The molecule has 21 heavy (non-hydrogen) atoms. The lowest BCUT2D eigenvalue weighted by molar-refractivity contribution is 0.273. The molecule has 118 valence electrons. The summed E-state index contributed by atoms with van der Waals surface area (Å²) in [7, 11) is 4.39. The van der Waals surface area contributed by atoms with Crippen LogP contribution in [0.25, 0.3) is 0 Å². The van der Waals surface area contributed by atoms with Gasteiger partial charge in [-0.15, -0.1) is 0 Å². The van der Waals surface area contributed by atoms with E-state index in [1.165, 1.54) is 27.8 Å². The maximum absolute atomic E-state index is 14.7. The van der Waals surface area contributed by atoms with E-state index in [0.29, 0.717) is 12.3 Å². The first-order valence-corrected chi connectivity index (χ1v) is 7.32. The van der Waals surface area contributed by atoms with Crippen LogP contribution in [0.15, 0.2) is 6.07 Å². The van der Waals surface area contributed by atoms with Crippen LogP contribution < -0.4 is 19.9 Å². The Morgan fingerprint density at radius 3 is 2.14 bits per heavy atom. The van der Waals surface area contributed by atoms with Crippen molar-refractivity contribution in [3.8, 4) is 17.2 Å². The molecule has 4 nitrogen and oxygen atoms in total. The molecule has 1 fully saturated rings. The molecule has 0 radical (unpaired) electrons. The summed E-state index contributed by atoms with van der Waals surface area (Å²) in [6.45, 7) is 0.471. The zero-order valence-electron chi connectivity index (χ0n) is 13.0. The SMILES string of the molecule is COc1cc(C2(CN)CCCCC2)c(OC)c(F)c1OC. The summed E-state index contributed by atoms with van der Waals surface area (Å²) >= 11 is 0. The zero-order chi connectivity index (χ0) is 15.5. The summed E-state index contributed by atoms with van der Waals surface area (Å²) in [6.07, 6.45) is 5.26. The smallest absolute Gasteiger partial charge is 0.210 e. The Bertz CT molecular complexity index is 499. The lowest BCUT2D eigenvalue weighted by Crippen LogP contribution is -2.37. The second-order valence-corrected chi connectivity index (χ2v) is 5.55. The van der Waals surface area contributed by atoms with E-state index in [0.717, 1.165) is 31.2 Å². The highest BCUT2D eigenvalue weighted by Crippen LogP contribution is 2.48. The number of ether oxygens (including phenoxy) is 3. The fraction of sp³-hybridized carbons (Fsp3) is 0.625. The third kappa shape index (κ3) is 2.67. The molecule has 0 bridgehead atoms. The summed E-state index contributed by atoms with van der Waals surface area (Å²) in [5.41, 5.74) is 6.60. The molecule has 0 amide bonds. The Kier molecular flexibility index (Phi) is 4.93. The minimum Gasteiger partial charge on any atom is -0.493 e. The van der Waals surface area contributed by atoms with Crippen molar-refractivity contribution in [1.29, 1.82) is 0 Å². The van der Waals surface area contributed by atoms with Crippen molar-refractivity contribution in [2.24, 2.45) is 5.73 Å². The highest BCUT2D eigenvalue weighted by molar-refractivity contribution is 5.55. The molecule has 0 heterocycles. The molecule has 0 spiro atoms. The van der Waals surface area contributed by atoms with Crippen LogP contribution in [0.5, 0.6) is 17.2 Å². The van der Waals surface area contributed by atoms with Gasteiger partial charge in [0.25, 0.3) is 0 Å². The van der Waals surface area contributed by atoms with Crippen molar-refractivity contribution in [3.05, 3.63) is 17.4 Å². The summed E-state index contributed by atoms with van der Waals surface area (Å²) in [4.78, 5) is 0. The van der Waals surface area contributed by atoms with Gasteiger partial charge in [0, 0.05) is 17.5 Å². The molecule has 1 aliphatic carbocycles. The van der Waals surface area contributed by atoms with Crippen LogP contribution in [0.2, 0.25) is 0 Å². The van der Waals surface area contributed by atoms with E-state index in [-0.39, 0.29) is 16.9 Å². The van der Waals surface area contributed by atoms with Crippen molar-refractivity contribution in [2.45, 2.75) is 37.5 Å². The van der Waals surface area contributed by atoms with E-state index in [4.69, 9.17) is 19.9 Å². The Morgan fingerprint density at radius 1 is 1.05 bits per heavy atom. The molecule has 2 rings (SSSR count). The number of halogens is 1. The number of hydrogen-bond donors (Lipinski definition) is 1.